The molecule has 0 atom stereocenters. The Morgan fingerprint density at radius 2 is 1.62 bits per heavy atom. The van der Waals surface area contributed by atoms with Crippen molar-refractivity contribution in [2.75, 3.05) is 5.32 Å². The van der Waals surface area contributed by atoms with Gasteiger partial charge in [-0.3, -0.25) is 9.59 Å². The Morgan fingerprint density at radius 3 is 2.38 bits per heavy atom. The molecule has 0 aliphatic carbocycles. The number of anilines is 1. The minimum absolute atomic E-state index is 0.235. The van der Waals surface area contributed by atoms with E-state index >= 15 is 0 Å². The van der Waals surface area contributed by atoms with E-state index in [0.717, 1.165) is 0 Å². The molecular formula is C22H14Cl3N3O4. The predicted molar refractivity (Wildman–Crippen MR) is 124 cm³/mol. The van der Waals surface area contributed by atoms with Crippen molar-refractivity contribution in [1.82, 2.24) is 5.43 Å². The third-order valence-corrected chi connectivity index (χ3v) is 4.87. The molecule has 0 fully saturated rings. The molecule has 162 valence electrons. The third kappa shape index (κ3) is 6.55. The van der Waals surface area contributed by atoms with Gasteiger partial charge in [0.15, 0.2) is 0 Å². The lowest BCUT2D eigenvalue weighted by Gasteiger charge is -2.06. The molecule has 7 nitrogen and oxygen atoms in total. The quantitative estimate of drug-likeness (QED) is 0.174. The number of amides is 2. The largest absolute Gasteiger partial charge is 0.423 e. The lowest BCUT2D eigenvalue weighted by atomic mass is 10.2. The number of hydrogen-bond acceptors (Lipinski definition) is 5. The summed E-state index contributed by atoms with van der Waals surface area (Å²) in [7, 11) is 0. The molecule has 0 saturated carbocycles. The number of halogens is 3. The fourth-order valence-electron chi connectivity index (χ4n) is 2.42. The Balaban J connectivity index is 1.57. The number of nitrogens with zero attached hydrogens (tertiary/aromatic N) is 1. The van der Waals surface area contributed by atoms with Gasteiger partial charge < -0.3 is 10.1 Å². The van der Waals surface area contributed by atoms with Crippen molar-refractivity contribution in [2.45, 2.75) is 0 Å². The van der Waals surface area contributed by atoms with E-state index in [0.29, 0.717) is 26.9 Å². The first-order chi connectivity index (χ1) is 15.3. The number of rotatable bonds is 5. The van der Waals surface area contributed by atoms with Crippen molar-refractivity contribution >= 4 is 64.5 Å². The van der Waals surface area contributed by atoms with E-state index < -0.39 is 17.8 Å². The number of benzene rings is 3. The predicted octanol–water partition coefficient (Wildman–Crippen LogP) is 4.95. The number of esters is 1. The summed E-state index contributed by atoms with van der Waals surface area (Å²) in [6.45, 7) is 0. The average molecular weight is 491 g/mol. The van der Waals surface area contributed by atoms with Crippen LogP contribution in [-0.2, 0) is 9.59 Å². The lowest BCUT2D eigenvalue weighted by molar-refractivity contribution is -0.136. The van der Waals surface area contributed by atoms with E-state index in [9.17, 15) is 14.4 Å². The van der Waals surface area contributed by atoms with Gasteiger partial charge in [-0.15, -0.1) is 0 Å². The Hall–Kier alpha value is -3.39. The molecule has 0 heterocycles. The molecule has 32 heavy (non-hydrogen) atoms. The number of carbonyl (C=O) groups excluding carboxylic acids is 3. The maximum absolute atomic E-state index is 12.2. The molecule has 2 amide bonds. The van der Waals surface area contributed by atoms with Gasteiger partial charge in [0.25, 0.3) is 0 Å². The molecule has 3 aromatic carbocycles. The molecule has 0 radical (unpaired) electrons. The second-order valence-electron chi connectivity index (χ2n) is 6.25. The SMILES string of the molecule is O=C(NN=Cc1cccc(OC(=O)c2cccc(Cl)c2)c1)C(=O)Nc1ccc(Cl)c(Cl)c1. The molecule has 0 aromatic heterocycles. The van der Waals surface area contributed by atoms with Crippen LogP contribution in [0.2, 0.25) is 15.1 Å². The van der Waals surface area contributed by atoms with Crippen molar-refractivity contribution in [1.29, 1.82) is 0 Å². The molecule has 0 bridgehead atoms. The van der Waals surface area contributed by atoms with Gasteiger partial charge in [-0.05, 0) is 54.1 Å². The molecule has 3 aromatic rings. The van der Waals surface area contributed by atoms with Crippen LogP contribution in [0.3, 0.4) is 0 Å². The minimum Gasteiger partial charge on any atom is -0.423 e. The third-order valence-electron chi connectivity index (χ3n) is 3.89. The van der Waals surface area contributed by atoms with Crippen LogP contribution >= 0.6 is 34.8 Å². The zero-order valence-corrected chi connectivity index (χ0v) is 18.4. The maximum atomic E-state index is 12.2. The number of carbonyl (C=O) groups is 3. The first-order valence-electron chi connectivity index (χ1n) is 8.99. The summed E-state index contributed by atoms with van der Waals surface area (Å²) in [5, 5.41) is 7.08. The Bertz CT molecular complexity index is 1210. The van der Waals surface area contributed by atoms with E-state index in [4.69, 9.17) is 39.5 Å². The van der Waals surface area contributed by atoms with Crippen molar-refractivity contribution in [3.63, 3.8) is 0 Å². The number of ether oxygens (including phenoxy) is 1. The highest BCUT2D eigenvalue weighted by Crippen LogP contribution is 2.25. The average Bonchev–Trinajstić information content (AvgIpc) is 2.76. The standard InChI is InChI=1S/C22H14Cl3N3O4/c23-15-5-2-4-14(10-15)22(31)32-17-6-1-3-13(9-17)12-26-28-21(30)20(29)27-16-7-8-18(24)19(25)11-16/h1-12H,(H,27,29)(H,28,30). The van der Waals surface area contributed by atoms with Crippen molar-refractivity contribution in [3.05, 3.63) is 92.9 Å². The number of hydrogen-bond donors (Lipinski definition) is 2. The molecule has 0 unspecified atom stereocenters. The summed E-state index contributed by atoms with van der Waals surface area (Å²) in [6.07, 6.45) is 1.29. The summed E-state index contributed by atoms with van der Waals surface area (Å²) in [4.78, 5) is 36.1. The maximum Gasteiger partial charge on any atom is 0.343 e. The van der Waals surface area contributed by atoms with Crippen LogP contribution in [0.4, 0.5) is 5.69 Å². The summed E-state index contributed by atoms with van der Waals surface area (Å²) in [5.74, 6) is -2.24. The van der Waals surface area contributed by atoms with Gasteiger partial charge in [-0.2, -0.15) is 5.10 Å². The van der Waals surface area contributed by atoms with Gasteiger partial charge in [0.05, 0.1) is 21.8 Å². The topological polar surface area (TPSA) is 96.9 Å². The highest BCUT2D eigenvalue weighted by molar-refractivity contribution is 6.43. The lowest BCUT2D eigenvalue weighted by Crippen LogP contribution is -2.32. The van der Waals surface area contributed by atoms with Gasteiger partial charge in [-0.1, -0.05) is 53.0 Å². The van der Waals surface area contributed by atoms with Gasteiger partial charge in [0.1, 0.15) is 5.75 Å². The summed E-state index contributed by atoms with van der Waals surface area (Å²) < 4.78 is 5.32. The fourth-order valence-corrected chi connectivity index (χ4v) is 2.91. The minimum atomic E-state index is -0.990. The van der Waals surface area contributed by atoms with Crippen molar-refractivity contribution in [3.8, 4) is 5.75 Å². The fraction of sp³-hybridized carbons (Fsp3) is 0. The number of nitrogens with one attached hydrogen (secondary N) is 2. The molecular weight excluding hydrogens is 477 g/mol. The normalized spacial score (nSPS) is 10.6. The molecule has 2 N–H and O–H groups in total. The molecule has 0 aliphatic heterocycles. The van der Waals surface area contributed by atoms with Gasteiger partial charge >= 0.3 is 17.8 Å². The molecule has 10 heteroatoms. The first kappa shape index (κ1) is 23.3. The molecule has 0 spiro atoms. The monoisotopic (exact) mass is 489 g/mol. The van der Waals surface area contributed by atoms with Crippen LogP contribution in [0, 0.1) is 0 Å². The highest BCUT2D eigenvalue weighted by Gasteiger charge is 2.13. The second-order valence-corrected chi connectivity index (χ2v) is 7.51. The van der Waals surface area contributed by atoms with E-state index in [1.165, 1.54) is 36.5 Å². The van der Waals surface area contributed by atoms with Crippen LogP contribution in [-0.4, -0.2) is 24.0 Å². The van der Waals surface area contributed by atoms with E-state index in [2.05, 4.69) is 15.8 Å². The van der Waals surface area contributed by atoms with E-state index in [1.54, 1.807) is 36.4 Å². The van der Waals surface area contributed by atoms with Gasteiger partial charge in [0.2, 0.25) is 0 Å². The highest BCUT2D eigenvalue weighted by atomic mass is 35.5. The van der Waals surface area contributed by atoms with Crippen LogP contribution in [0.5, 0.6) is 5.75 Å². The van der Waals surface area contributed by atoms with E-state index in [-0.39, 0.29) is 10.8 Å². The Morgan fingerprint density at radius 1 is 0.844 bits per heavy atom. The van der Waals surface area contributed by atoms with Crippen molar-refractivity contribution < 1.29 is 19.1 Å². The smallest absolute Gasteiger partial charge is 0.343 e. The zero-order chi connectivity index (χ0) is 23.1. The summed E-state index contributed by atoms with van der Waals surface area (Å²) in [5.41, 5.74) is 3.23. The van der Waals surface area contributed by atoms with Crippen LogP contribution in [0.1, 0.15) is 15.9 Å². The summed E-state index contributed by atoms with van der Waals surface area (Å²) in [6, 6.07) is 17.2. The zero-order valence-electron chi connectivity index (χ0n) is 16.1. The second kappa shape index (κ2) is 10.8. The van der Waals surface area contributed by atoms with Crippen LogP contribution in [0.25, 0.3) is 0 Å². The molecule has 0 saturated heterocycles. The first-order valence-corrected chi connectivity index (χ1v) is 10.1. The summed E-state index contributed by atoms with van der Waals surface area (Å²) >= 11 is 17.6. The molecule has 0 aliphatic rings. The number of hydrazone groups is 1. The van der Waals surface area contributed by atoms with Crippen molar-refractivity contribution in [2.24, 2.45) is 5.10 Å². The van der Waals surface area contributed by atoms with Gasteiger partial charge in [0, 0.05) is 10.7 Å². The van der Waals surface area contributed by atoms with E-state index in [1.807, 2.05) is 0 Å². The van der Waals surface area contributed by atoms with Crippen LogP contribution < -0.4 is 15.5 Å². The Kier molecular flexibility index (Phi) is 7.83. The van der Waals surface area contributed by atoms with Gasteiger partial charge in [-0.25, -0.2) is 10.2 Å². The van der Waals surface area contributed by atoms with Crippen LogP contribution in [0.15, 0.2) is 71.8 Å². The Labute approximate surface area is 197 Å². The molecule has 3 rings (SSSR count).